The van der Waals surface area contributed by atoms with Gasteiger partial charge in [-0.05, 0) is 31.9 Å². The molecule has 1 aromatic carbocycles. The summed E-state index contributed by atoms with van der Waals surface area (Å²) < 4.78 is 0. The fraction of sp³-hybridized carbons (Fsp3) is 0.500. The fourth-order valence-electron chi connectivity index (χ4n) is 2.55. The van der Waals surface area contributed by atoms with Gasteiger partial charge in [-0.25, -0.2) is 0 Å². The molecule has 0 saturated heterocycles. The monoisotopic (exact) mass is 274 g/mol. The Bertz CT molecular complexity index is 479. The quantitative estimate of drug-likeness (QED) is 0.864. The Morgan fingerprint density at radius 1 is 1.25 bits per heavy atom. The molecule has 0 radical (unpaired) electrons. The Hall–Kier alpha value is -1.84. The van der Waals surface area contributed by atoms with Crippen molar-refractivity contribution in [3.8, 4) is 0 Å². The molecule has 0 aliphatic heterocycles. The van der Waals surface area contributed by atoms with E-state index < -0.39 is 0 Å². The van der Waals surface area contributed by atoms with Crippen molar-refractivity contribution in [3.63, 3.8) is 0 Å². The molecular formula is C16H22N2O2. The number of aryl methyl sites for hydroxylation is 1. The summed E-state index contributed by atoms with van der Waals surface area (Å²) in [5, 5.41) is 5.79. The van der Waals surface area contributed by atoms with Crippen LogP contribution in [0.5, 0.6) is 0 Å². The van der Waals surface area contributed by atoms with Gasteiger partial charge >= 0.3 is 0 Å². The molecule has 4 heteroatoms. The lowest BCUT2D eigenvalue weighted by Crippen LogP contribution is -2.35. The summed E-state index contributed by atoms with van der Waals surface area (Å²) in [6.45, 7) is 2.33. The predicted molar refractivity (Wildman–Crippen MR) is 78.5 cm³/mol. The van der Waals surface area contributed by atoms with Gasteiger partial charge in [-0.1, -0.05) is 30.5 Å². The van der Waals surface area contributed by atoms with E-state index in [-0.39, 0.29) is 11.8 Å². The molecule has 20 heavy (non-hydrogen) atoms. The normalized spacial score (nSPS) is 15.1. The van der Waals surface area contributed by atoms with Gasteiger partial charge in [-0.3, -0.25) is 9.59 Å². The van der Waals surface area contributed by atoms with E-state index in [1.54, 1.807) is 6.07 Å². The van der Waals surface area contributed by atoms with Crippen molar-refractivity contribution in [2.24, 2.45) is 0 Å². The molecule has 1 aliphatic rings. The van der Waals surface area contributed by atoms with E-state index in [2.05, 4.69) is 10.6 Å². The molecule has 4 nitrogen and oxygen atoms in total. The van der Waals surface area contributed by atoms with Gasteiger partial charge in [0.25, 0.3) is 5.91 Å². The van der Waals surface area contributed by atoms with Crippen LogP contribution in [0, 0.1) is 6.92 Å². The summed E-state index contributed by atoms with van der Waals surface area (Å²) in [7, 11) is 0. The van der Waals surface area contributed by atoms with Gasteiger partial charge in [0.15, 0.2) is 0 Å². The molecule has 1 saturated carbocycles. The van der Waals surface area contributed by atoms with Gasteiger partial charge in [-0.2, -0.15) is 0 Å². The van der Waals surface area contributed by atoms with Gasteiger partial charge in [-0.15, -0.1) is 0 Å². The number of carbonyl (C=O) groups is 2. The molecule has 0 unspecified atom stereocenters. The van der Waals surface area contributed by atoms with Gasteiger partial charge in [0.1, 0.15) is 0 Å². The fourth-order valence-corrected chi connectivity index (χ4v) is 2.55. The lowest BCUT2D eigenvalue weighted by Gasteiger charge is -2.12. The second kappa shape index (κ2) is 7.08. The number of benzene rings is 1. The Morgan fingerprint density at radius 3 is 2.70 bits per heavy atom. The first-order valence-corrected chi connectivity index (χ1v) is 7.29. The standard InChI is InChI=1S/C16H22N2O2/c1-12-5-4-6-13(11-12)16(20)17-10-9-15(19)18-14-7-2-3-8-14/h4-6,11,14H,2-3,7-10H2,1H3,(H,17,20)(H,18,19). The first-order valence-electron chi connectivity index (χ1n) is 7.29. The molecule has 1 aromatic rings. The molecule has 0 spiro atoms. The highest BCUT2D eigenvalue weighted by Gasteiger charge is 2.16. The van der Waals surface area contributed by atoms with Crippen molar-refractivity contribution in [2.45, 2.75) is 45.1 Å². The maximum absolute atomic E-state index is 11.9. The molecule has 2 amide bonds. The van der Waals surface area contributed by atoms with Gasteiger partial charge in [0, 0.05) is 24.6 Å². The first-order chi connectivity index (χ1) is 9.65. The van der Waals surface area contributed by atoms with E-state index in [1.807, 2.05) is 25.1 Å². The minimum absolute atomic E-state index is 0.0291. The highest BCUT2D eigenvalue weighted by Crippen LogP contribution is 2.17. The van der Waals surface area contributed by atoms with Crippen LogP contribution in [-0.2, 0) is 4.79 Å². The Morgan fingerprint density at radius 2 is 2.00 bits per heavy atom. The van der Waals surface area contributed by atoms with Crippen molar-refractivity contribution in [1.82, 2.24) is 10.6 Å². The van der Waals surface area contributed by atoms with Crippen LogP contribution in [-0.4, -0.2) is 24.4 Å². The molecule has 1 aliphatic carbocycles. The minimum Gasteiger partial charge on any atom is -0.353 e. The molecule has 0 atom stereocenters. The molecular weight excluding hydrogens is 252 g/mol. The van der Waals surface area contributed by atoms with Crippen LogP contribution >= 0.6 is 0 Å². The predicted octanol–water partition coefficient (Wildman–Crippen LogP) is 2.17. The van der Waals surface area contributed by atoms with Crippen molar-refractivity contribution < 1.29 is 9.59 Å². The Balaban J connectivity index is 1.69. The van der Waals surface area contributed by atoms with Crippen LogP contribution in [0.4, 0.5) is 0 Å². The van der Waals surface area contributed by atoms with Crippen LogP contribution in [0.25, 0.3) is 0 Å². The third-order valence-electron chi connectivity index (χ3n) is 3.64. The van der Waals surface area contributed by atoms with Gasteiger partial charge in [0.2, 0.25) is 5.91 Å². The third kappa shape index (κ3) is 4.37. The van der Waals surface area contributed by atoms with Crippen LogP contribution in [0.1, 0.15) is 48.0 Å². The maximum atomic E-state index is 11.9. The molecule has 1 fully saturated rings. The van der Waals surface area contributed by atoms with E-state index in [9.17, 15) is 9.59 Å². The zero-order chi connectivity index (χ0) is 14.4. The molecule has 0 bridgehead atoms. The van der Waals surface area contributed by atoms with E-state index in [0.717, 1.165) is 18.4 Å². The van der Waals surface area contributed by atoms with Crippen LogP contribution in [0.15, 0.2) is 24.3 Å². The van der Waals surface area contributed by atoms with Crippen molar-refractivity contribution in [3.05, 3.63) is 35.4 Å². The average Bonchev–Trinajstić information content (AvgIpc) is 2.91. The lowest BCUT2D eigenvalue weighted by molar-refractivity contribution is -0.121. The van der Waals surface area contributed by atoms with Crippen LogP contribution < -0.4 is 10.6 Å². The van der Waals surface area contributed by atoms with Gasteiger partial charge < -0.3 is 10.6 Å². The minimum atomic E-state index is -0.123. The Labute approximate surface area is 119 Å². The van der Waals surface area contributed by atoms with Crippen LogP contribution in [0.2, 0.25) is 0 Å². The van der Waals surface area contributed by atoms with E-state index in [4.69, 9.17) is 0 Å². The number of hydrogen-bond donors (Lipinski definition) is 2. The summed E-state index contributed by atoms with van der Waals surface area (Å²) >= 11 is 0. The molecule has 108 valence electrons. The molecule has 0 heterocycles. The Kier molecular flexibility index (Phi) is 5.16. The number of nitrogens with one attached hydrogen (secondary N) is 2. The first kappa shape index (κ1) is 14.6. The summed E-state index contributed by atoms with van der Waals surface area (Å²) in [5.41, 5.74) is 1.69. The van der Waals surface area contributed by atoms with Crippen molar-refractivity contribution in [1.29, 1.82) is 0 Å². The molecule has 0 aromatic heterocycles. The number of amides is 2. The van der Waals surface area contributed by atoms with Crippen LogP contribution in [0.3, 0.4) is 0 Å². The largest absolute Gasteiger partial charge is 0.353 e. The molecule has 2 rings (SSSR count). The van der Waals surface area contributed by atoms with Crippen molar-refractivity contribution in [2.75, 3.05) is 6.54 Å². The number of rotatable bonds is 5. The summed E-state index contributed by atoms with van der Waals surface area (Å²) in [4.78, 5) is 23.6. The summed E-state index contributed by atoms with van der Waals surface area (Å²) in [6.07, 6.45) is 4.92. The highest BCUT2D eigenvalue weighted by molar-refractivity contribution is 5.94. The van der Waals surface area contributed by atoms with E-state index in [0.29, 0.717) is 24.6 Å². The second-order valence-electron chi connectivity index (χ2n) is 5.42. The van der Waals surface area contributed by atoms with E-state index >= 15 is 0 Å². The third-order valence-corrected chi connectivity index (χ3v) is 3.64. The second-order valence-corrected chi connectivity index (χ2v) is 5.42. The smallest absolute Gasteiger partial charge is 0.251 e. The summed E-state index contributed by atoms with van der Waals surface area (Å²) in [6, 6.07) is 7.77. The number of hydrogen-bond acceptors (Lipinski definition) is 2. The highest BCUT2D eigenvalue weighted by atomic mass is 16.2. The average molecular weight is 274 g/mol. The maximum Gasteiger partial charge on any atom is 0.251 e. The van der Waals surface area contributed by atoms with Gasteiger partial charge in [0.05, 0.1) is 0 Å². The topological polar surface area (TPSA) is 58.2 Å². The zero-order valence-electron chi connectivity index (χ0n) is 11.9. The zero-order valence-corrected chi connectivity index (χ0v) is 11.9. The summed E-state index contributed by atoms with van der Waals surface area (Å²) in [5.74, 6) is -0.0937. The SMILES string of the molecule is Cc1cccc(C(=O)NCCC(=O)NC2CCCC2)c1. The lowest BCUT2D eigenvalue weighted by atomic mass is 10.1. The number of carbonyl (C=O) groups excluding carboxylic acids is 2. The van der Waals surface area contributed by atoms with Crippen molar-refractivity contribution >= 4 is 11.8 Å². The molecule has 2 N–H and O–H groups in total. The van der Waals surface area contributed by atoms with E-state index in [1.165, 1.54) is 12.8 Å².